The molecule has 2 amide bonds. The molecule has 2 aromatic heterocycles. The van der Waals surface area contributed by atoms with Crippen molar-refractivity contribution in [2.75, 3.05) is 17.7 Å². The number of urea groups is 1. The first-order valence-electron chi connectivity index (χ1n) is 10.4. The molecule has 3 aromatic carbocycles. The second kappa shape index (κ2) is 8.51. The second-order valence-corrected chi connectivity index (χ2v) is 7.64. The summed E-state index contributed by atoms with van der Waals surface area (Å²) in [4.78, 5) is 20.3. The van der Waals surface area contributed by atoms with E-state index in [4.69, 9.17) is 4.74 Å². The number of rotatable bonds is 5. The number of ether oxygens (including phenoxy) is 1. The number of carbonyl (C=O) groups excluding carboxylic acids is 1. The van der Waals surface area contributed by atoms with E-state index in [1.807, 2.05) is 73.7 Å². The standard InChI is InChI=1S/C25H22N6O2/c1-16-5-3-7-18(11-16)27-25(32)28-19-14-26-31(15-19)20-8-4-6-17(12-20)24-29-22-10-9-21(33-2)13-23(22)30-24/h3-15H,1-2H3,(H,29,30)(H2,27,28,32). The number of hydrogen-bond acceptors (Lipinski definition) is 4. The molecule has 0 bridgehead atoms. The van der Waals surface area contributed by atoms with Gasteiger partial charge in [0.2, 0.25) is 0 Å². The number of methoxy groups -OCH3 is 1. The fraction of sp³-hybridized carbons (Fsp3) is 0.0800. The van der Waals surface area contributed by atoms with Crippen LogP contribution >= 0.6 is 0 Å². The van der Waals surface area contributed by atoms with E-state index in [-0.39, 0.29) is 6.03 Å². The Morgan fingerprint density at radius 3 is 2.70 bits per heavy atom. The Hall–Kier alpha value is -4.59. The summed E-state index contributed by atoms with van der Waals surface area (Å²) in [6, 6.07) is 20.9. The molecular weight excluding hydrogens is 416 g/mol. The van der Waals surface area contributed by atoms with Gasteiger partial charge in [-0.25, -0.2) is 14.5 Å². The lowest BCUT2D eigenvalue weighted by molar-refractivity contribution is 0.262. The van der Waals surface area contributed by atoms with Gasteiger partial charge in [0.15, 0.2) is 0 Å². The lowest BCUT2D eigenvalue weighted by atomic mass is 10.2. The molecule has 0 radical (unpaired) electrons. The van der Waals surface area contributed by atoms with E-state index in [9.17, 15) is 4.79 Å². The third-order valence-electron chi connectivity index (χ3n) is 5.19. The van der Waals surface area contributed by atoms with Gasteiger partial charge in [0.25, 0.3) is 0 Å². The number of carbonyl (C=O) groups is 1. The Morgan fingerprint density at radius 2 is 1.85 bits per heavy atom. The summed E-state index contributed by atoms with van der Waals surface area (Å²) in [6.45, 7) is 1.98. The highest BCUT2D eigenvalue weighted by atomic mass is 16.5. The van der Waals surface area contributed by atoms with Crippen molar-refractivity contribution in [3.8, 4) is 22.8 Å². The topological polar surface area (TPSA) is 96.9 Å². The van der Waals surface area contributed by atoms with Gasteiger partial charge < -0.3 is 20.4 Å². The van der Waals surface area contributed by atoms with Crippen LogP contribution in [0.4, 0.5) is 16.2 Å². The van der Waals surface area contributed by atoms with Crippen molar-refractivity contribution in [1.82, 2.24) is 19.7 Å². The Morgan fingerprint density at radius 1 is 1.00 bits per heavy atom. The van der Waals surface area contributed by atoms with Crippen LogP contribution in [0.1, 0.15) is 5.56 Å². The van der Waals surface area contributed by atoms with E-state index < -0.39 is 0 Å². The van der Waals surface area contributed by atoms with Crippen molar-refractivity contribution < 1.29 is 9.53 Å². The number of benzene rings is 3. The van der Waals surface area contributed by atoms with Crippen LogP contribution in [0.2, 0.25) is 0 Å². The average Bonchev–Trinajstić information content (AvgIpc) is 3.45. The zero-order chi connectivity index (χ0) is 22.8. The molecule has 0 saturated carbocycles. The first kappa shape index (κ1) is 20.3. The van der Waals surface area contributed by atoms with Gasteiger partial charge in [-0.15, -0.1) is 0 Å². The van der Waals surface area contributed by atoms with Gasteiger partial charge in [0.05, 0.1) is 41.9 Å². The maximum absolute atomic E-state index is 12.3. The highest BCUT2D eigenvalue weighted by Crippen LogP contribution is 2.25. The number of aromatic amines is 1. The monoisotopic (exact) mass is 438 g/mol. The Labute approximate surface area is 190 Å². The van der Waals surface area contributed by atoms with Crippen LogP contribution in [-0.2, 0) is 0 Å². The van der Waals surface area contributed by atoms with Crippen molar-refractivity contribution in [1.29, 1.82) is 0 Å². The first-order chi connectivity index (χ1) is 16.1. The lowest BCUT2D eigenvalue weighted by Crippen LogP contribution is -2.19. The maximum atomic E-state index is 12.3. The molecule has 5 aromatic rings. The molecule has 8 nitrogen and oxygen atoms in total. The van der Waals surface area contributed by atoms with Gasteiger partial charge >= 0.3 is 6.03 Å². The number of aryl methyl sites for hydroxylation is 1. The zero-order valence-corrected chi connectivity index (χ0v) is 18.2. The van der Waals surface area contributed by atoms with Crippen molar-refractivity contribution in [2.45, 2.75) is 6.92 Å². The summed E-state index contributed by atoms with van der Waals surface area (Å²) < 4.78 is 6.99. The molecule has 0 unspecified atom stereocenters. The van der Waals surface area contributed by atoms with Crippen molar-refractivity contribution in [2.24, 2.45) is 0 Å². The molecule has 0 atom stereocenters. The zero-order valence-electron chi connectivity index (χ0n) is 18.2. The molecule has 0 aliphatic heterocycles. The van der Waals surface area contributed by atoms with Crippen LogP contribution in [0.3, 0.4) is 0 Å². The normalized spacial score (nSPS) is 10.8. The summed E-state index contributed by atoms with van der Waals surface area (Å²) in [5, 5.41) is 10.0. The van der Waals surface area contributed by atoms with Crippen LogP contribution < -0.4 is 15.4 Å². The molecule has 0 fully saturated rings. The molecule has 8 heteroatoms. The smallest absolute Gasteiger partial charge is 0.323 e. The molecule has 33 heavy (non-hydrogen) atoms. The summed E-state index contributed by atoms with van der Waals surface area (Å²) in [7, 11) is 1.64. The van der Waals surface area contributed by atoms with E-state index in [1.54, 1.807) is 24.2 Å². The number of nitrogens with one attached hydrogen (secondary N) is 3. The van der Waals surface area contributed by atoms with Crippen LogP contribution in [0, 0.1) is 6.92 Å². The third-order valence-corrected chi connectivity index (χ3v) is 5.19. The van der Waals surface area contributed by atoms with Gasteiger partial charge in [0.1, 0.15) is 11.6 Å². The summed E-state index contributed by atoms with van der Waals surface area (Å²) in [6.07, 6.45) is 3.37. The van der Waals surface area contributed by atoms with Crippen LogP contribution in [0.15, 0.2) is 79.1 Å². The van der Waals surface area contributed by atoms with Gasteiger partial charge in [-0.3, -0.25) is 0 Å². The van der Waals surface area contributed by atoms with Gasteiger partial charge in [0, 0.05) is 17.3 Å². The largest absolute Gasteiger partial charge is 0.497 e. The van der Waals surface area contributed by atoms with Crippen molar-refractivity contribution in [3.63, 3.8) is 0 Å². The predicted molar refractivity (Wildman–Crippen MR) is 129 cm³/mol. The van der Waals surface area contributed by atoms with Crippen molar-refractivity contribution >= 4 is 28.4 Å². The Kier molecular flexibility index (Phi) is 5.24. The Bertz CT molecular complexity index is 1450. The second-order valence-electron chi connectivity index (χ2n) is 7.64. The van der Waals surface area contributed by atoms with E-state index in [0.717, 1.165) is 45.1 Å². The average molecular weight is 438 g/mol. The minimum absolute atomic E-state index is 0.327. The van der Waals surface area contributed by atoms with E-state index in [0.29, 0.717) is 5.69 Å². The summed E-state index contributed by atoms with van der Waals surface area (Å²) >= 11 is 0. The fourth-order valence-corrected chi connectivity index (χ4v) is 3.59. The number of amides is 2. The van der Waals surface area contributed by atoms with Gasteiger partial charge in [-0.05, 0) is 48.9 Å². The molecule has 0 spiro atoms. The third kappa shape index (κ3) is 4.40. The summed E-state index contributed by atoms with van der Waals surface area (Å²) in [5.74, 6) is 1.53. The number of fused-ring (bicyclic) bond motifs is 1. The number of nitrogens with zero attached hydrogens (tertiary/aromatic N) is 3. The molecule has 5 rings (SSSR count). The fourth-order valence-electron chi connectivity index (χ4n) is 3.59. The maximum Gasteiger partial charge on any atom is 0.323 e. The summed E-state index contributed by atoms with van der Waals surface area (Å²) in [5.41, 5.74) is 5.92. The first-order valence-corrected chi connectivity index (χ1v) is 10.4. The molecule has 0 aliphatic rings. The SMILES string of the molecule is COc1ccc2nc(-c3cccc(-n4cc(NC(=O)Nc5cccc(C)c5)cn4)c3)[nH]c2c1. The Balaban J connectivity index is 1.34. The van der Waals surface area contributed by atoms with E-state index in [1.165, 1.54) is 0 Å². The number of hydrogen-bond donors (Lipinski definition) is 3. The minimum Gasteiger partial charge on any atom is -0.497 e. The van der Waals surface area contributed by atoms with Crippen molar-refractivity contribution in [3.05, 3.63) is 84.7 Å². The van der Waals surface area contributed by atoms with Gasteiger partial charge in [-0.1, -0.05) is 24.3 Å². The number of aromatic nitrogens is 4. The van der Waals surface area contributed by atoms with Crippen LogP contribution in [-0.4, -0.2) is 32.9 Å². The van der Waals surface area contributed by atoms with E-state index >= 15 is 0 Å². The van der Waals surface area contributed by atoms with Gasteiger partial charge in [-0.2, -0.15) is 5.10 Å². The van der Waals surface area contributed by atoms with Crippen LogP contribution in [0.5, 0.6) is 5.75 Å². The number of anilines is 2. The quantitative estimate of drug-likeness (QED) is 0.343. The molecule has 164 valence electrons. The van der Waals surface area contributed by atoms with Crippen LogP contribution in [0.25, 0.3) is 28.1 Å². The molecule has 3 N–H and O–H groups in total. The molecule has 2 heterocycles. The number of H-pyrrole nitrogens is 1. The minimum atomic E-state index is -0.327. The number of imidazole rings is 1. The molecular formula is C25H22N6O2. The molecule has 0 aliphatic carbocycles. The molecule has 0 saturated heterocycles. The predicted octanol–water partition coefficient (Wildman–Crippen LogP) is 5.38. The highest BCUT2D eigenvalue weighted by molar-refractivity contribution is 5.99. The lowest BCUT2D eigenvalue weighted by Gasteiger charge is -2.06. The highest BCUT2D eigenvalue weighted by Gasteiger charge is 2.10. The van der Waals surface area contributed by atoms with E-state index in [2.05, 4.69) is 25.7 Å².